The topological polar surface area (TPSA) is 65.5 Å². The van der Waals surface area contributed by atoms with E-state index in [1.807, 2.05) is 24.3 Å². The highest BCUT2D eigenvalue weighted by Gasteiger charge is 2.21. The summed E-state index contributed by atoms with van der Waals surface area (Å²) in [5, 5.41) is 8.93. The van der Waals surface area contributed by atoms with Crippen molar-refractivity contribution in [2.75, 3.05) is 13.1 Å². The van der Waals surface area contributed by atoms with E-state index in [1.54, 1.807) is 18.3 Å². The summed E-state index contributed by atoms with van der Waals surface area (Å²) in [7, 11) is 4.34. The van der Waals surface area contributed by atoms with E-state index in [4.69, 9.17) is 0 Å². The van der Waals surface area contributed by atoms with Crippen molar-refractivity contribution >= 4 is 42.5 Å². The fourth-order valence-corrected chi connectivity index (χ4v) is 3.90. The lowest BCUT2D eigenvalue weighted by Gasteiger charge is -2.15. The SMILES string of the molecule is O=C(NCC1=CC=NSC(NCc2ccc(C(F)(P)P)cc2)=C1)C1CCCN1. The molecule has 1 aromatic carbocycles. The molecule has 28 heavy (non-hydrogen) atoms. The molecule has 2 aliphatic heterocycles. The van der Waals surface area contributed by atoms with Gasteiger partial charge in [0.05, 0.1) is 11.1 Å². The minimum atomic E-state index is -1.50. The maximum Gasteiger partial charge on any atom is 0.237 e. The number of halogens is 1. The molecule has 0 bridgehead atoms. The first-order valence-electron chi connectivity index (χ1n) is 9.14. The third kappa shape index (κ3) is 6.38. The van der Waals surface area contributed by atoms with Crippen molar-refractivity contribution in [2.24, 2.45) is 4.40 Å². The van der Waals surface area contributed by atoms with Crippen molar-refractivity contribution in [3.05, 3.63) is 58.1 Å². The van der Waals surface area contributed by atoms with E-state index >= 15 is 0 Å². The fraction of sp³-hybridized carbons (Fsp3) is 0.368. The lowest BCUT2D eigenvalue weighted by molar-refractivity contribution is -0.122. The summed E-state index contributed by atoms with van der Waals surface area (Å²) in [6.07, 6.45) is 7.56. The van der Waals surface area contributed by atoms with Gasteiger partial charge in [-0.15, -0.1) is 0 Å². The van der Waals surface area contributed by atoms with Crippen LogP contribution >= 0.6 is 30.4 Å². The lowest BCUT2D eigenvalue weighted by Crippen LogP contribution is -2.41. The quantitative estimate of drug-likeness (QED) is 0.453. The Kier molecular flexibility index (Phi) is 7.64. The van der Waals surface area contributed by atoms with Crippen LogP contribution in [-0.4, -0.2) is 31.3 Å². The Morgan fingerprint density at radius 3 is 2.79 bits per heavy atom. The van der Waals surface area contributed by atoms with Crippen LogP contribution in [0, 0.1) is 0 Å². The first-order valence-corrected chi connectivity index (χ1v) is 11.1. The molecule has 0 aromatic heterocycles. The largest absolute Gasteiger partial charge is 0.374 e. The molecule has 1 fully saturated rings. The Labute approximate surface area is 174 Å². The molecule has 5 nitrogen and oxygen atoms in total. The highest BCUT2D eigenvalue weighted by molar-refractivity contribution is 8.01. The minimum Gasteiger partial charge on any atom is -0.374 e. The molecular formula is C19H25FN4OP2S. The van der Waals surface area contributed by atoms with E-state index in [-0.39, 0.29) is 11.9 Å². The highest BCUT2D eigenvalue weighted by atomic mass is 32.2. The van der Waals surface area contributed by atoms with Crippen molar-refractivity contribution < 1.29 is 9.18 Å². The van der Waals surface area contributed by atoms with Gasteiger partial charge in [0, 0.05) is 31.3 Å². The van der Waals surface area contributed by atoms with Crippen LogP contribution in [0.3, 0.4) is 0 Å². The fourth-order valence-electron chi connectivity index (χ4n) is 2.94. The Morgan fingerprint density at radius 2 is 2.11 bits per heavy atom. The average molecular weight is 438 g/mol. The summed E-state index contributed by atoms with van der Waals surface area (Å²) >= 11 is 1.35. The monoisotopic (exact) mass is 438 g/mol. The maximum absolute atomic E-state index is 13.9. The van der Waals surface area contributed by atoms with Gasteiger partial charge in [0.25, 0.3) is 0 Å². The van der Waals surface area contributed by atoms with Gasteiger partial charge in [0.1, 0.15) is 0 Å². The molecule has 150 valence electrons. The Balaban J connectivity index is 1.53. The van der Waals surface area contributed by atoms with Gasteiger partial charge in [0.2, 0.25) is 5.91 Å². The maximum atomic E-state index is 13.9. The smallest absolute Gasteiger partial charge is 0.237 e. The molecule has 0 saturated carbocycles. The number of benzene rings is 1. The van der Waals surface area contributed by atoms with Gasteiger partial charge in [0.15, 0.2) is 5.15 Å². The van der Waals surface area contributed by atoms with Crippen molar-refractivity contribution in [3.8, 4) is 0 Å². The molecule has 2 aliphatic rings. The van der Waals surface area contributed by atoms with Gasteiger partial charge in [-0.1, -0.05) is 42.7 Å². The van der Waals surface area contributed by atoms with E-state index in [9.17, 15) is 9.18 Å². The van der Waals surface area contributed by atoms with Gasteiger partial charge in [-0.3, -0.25) is 4.79 Å². The molecular weight excluding hydrogens is 413 g/mol. The van der Waals surface area contributed by atoms with Crippen molar-refractivity contribution in [1.82, 2.24) is 16.0 Å². The number of nitrogens with zero attached hydrogens (tertiary/aromatic N) is 1. The molecule has 3 N–H and O–H groups in total. The number of allylic oxidation sites excluding steroid dienone is 1. The predicted octanol–water partition coefficient (Wildman–Crippen LogP) is 2.97. The number of amides is 1. The molecule has 9 heteroatoms. The molecule has 3 unspecified atom stereocenters. The Bertz CT molecular complexity index is 784. The van der Waals surface area contributed by atoms with Crippen LogP contribution in [-0.2, 0) is 16.5 Å². The van der Waals surface area contributed by atoms with Crippen LogP contribution in [0.4, 0.5) is 4.39 Å². The first kappa shape index (κ1) is 21.4. The van der Waals surface area contributed by atoms with Crippen LogP contribution in [0.15, 0.2) is 51.4 Å². The second-order valence-corrected chi connectivity index (χ2v) is 9.96. The van der Waals surface area contributed by atoms with Crippen LogP contribution in [0.2, 0.25) is 0 Å². The number of carbonyl (C=O) groups is 1. The normalized spacial score (nSPS) is 19.6. The number of hydrogen-bond donors (Lipinski definition) is 3. The van der Waals surface area contributed by atoms with Crippen molar-refractivity contribution in [1.29, 1.82) is 0 Å². The van der Waals surface area contributed by atoms with Gasteiger partial charge in [-0.2, -0.15) is 0 Å². The molecule has 1 amide bonds. The van der Waals surface area contributed by atoms with Crippen molar-refractivity contribution in [2.45, 2.75) is 30.6 Å². The Morgan fingerprint density at radius 1 is 1.32 bits per heavy atom. The summed E-state index contributed by atoms with van der Waals surface area (Å²) in [6.45, 7) is 1.97. The van der Waals surface area contributed by atoms with E-state index < -0.39 is 5.15 Å². The van der Waals surface area contributed by atoms with E-state index in [0.717, 1.165) is 35.6 Å². The van der Waals surface area contributed by atoms with Gasteiger partial charge >= 0.3 is 0 Å². The third-order valence-electron chi connectivity index (χ3n) is 4.52. The minimum absolute atomic E-state index is 0.0438. The highest BCUT2D eigenvalue weighted by Crippen LogP contribution is 2.39. The van der Waals surface area contributed by atoms with Gasteiger partial charge in [-0.25, -0.2) is 8.79 Å². The van der Waals surface area contributed by atoms with Crippen LogP contribution in [0.5, 0.6) is 0 Å². The number of nitrogens with one attached hydrogen (secondary N) is 3. The van der Waals surface area contributed by atoms with E-state index in [0.29, 0.717) is 18.7 Å². The zero-order chi connectivity index (χ0) is 20.0. The summed E-state index contributed by atoms with van der Waals surface area (Å²) in [5.41, 5.74) is 2.62. The number of carbonyl (C=O) groups excluding carboxylic acids is 1. The molecule has 3 atom stereocenters. The lowest BCUT2D eigenvalue weighted by atomic mass is 10.1. The molecule has 2 heterocycles. The number of rotatable bonds is 7. The molecule has 1 aromatic rings. The van der Waals surface area contributed by atoms with Crippen molar-refractivity contribution in [3.63, 3.8) is 0 Å². The molecule has 3 rings (SSSR count). The molecule has 0 spiro atoms. The Hall–Kier alpha value is -1.26. The molecule has 0 radical (unpaired) electrons. The van der Waals surface area contributed by atoms with Crippen LogP contribution in [0.1, 0.15) is 24.0 Å². The van der Waals surface area contributed by atoms with E-state index in [1.165, 1.54) is 11.9 Å². The van der Waals surface area contributed by atoms with Crippen LogP contribution in [0.25, 0.3) is 0 Å². The van der Waals surface area contributed by atoms with Gasteiger partial charge < -0.3 is 16.0 Å². The average Bonchev–Trinajstić information content (AvgIpc) is 3.11. The number of alkyl halides is 1. The predicted molar refractivity (Wildman–Crippen MR) is 122 cm³/mol. The van der Waals surface area contributed by atoms with Gasteiger partial charge in [-0.05, 0) is 48.2 Å². The second kappa shape index (κ2) is 9.98. The molecule has 0 aliphatic carbocycles. The van der Waals surface area contributed by atoms with Crippen LogP contribution < -0.4 is 16.0 Å². The third-order valence-corrected chi connectivity index (χ3v) is 5.88. The summed E-state index contributed by atoms with van der Waals surface area (Å²) in [5.74, 6) is 0.0438. The summed E-state index contributed by atoms with van der Waals surface area (Å²) in [4.78, 5) is 12.2. The van der Waals surface area contributed by atoms with E-state index in [2.05, 4.69) is 38.8 Å². The second-order valence-electron chi connectivity index (χ2n) is 6.78. The first-order chi connectivity index (χ1) is 13.4. The zero-order valence-electron chi connectivity index (χ0n) is 15.5. The standard InChI is InChI=1S/C19H25FN4OP2S/c20-19(26,27)15-5-3-13(4-6-15)11-22-17-10-14(7-9-24-28-17)12-23-18(25)16-2-1-8-21-16/h3-7,9-10,16,21-22H,1-2,8,11-12,26-27H2,(H,23,25). The number of hydrogen-bond acceptors (Lipinski definition) is 5. The summed E-state index contributed by atoms with van der Waals surface area (Å²) in [6, 6.07) is 7.29. The molecule has 1 saturated heterocycles. The zero-order valence-corrected chi connectivity index (χ0v) is 18.6. The summed E-state index contributed by atoms with van der Waals surface area (Å²) < 4.78 is 18.2.